The number of rotatable bonds is 0. The minimum absolute atomic E-state index is 0.193. The number of benzene rings is 3. The summed E-state index contributed by atoms with van der Waals surface area (Å²) in [6.45, 7) is 0. The molecule has 3 aromatic rings. The maximum atomic E-state index is 9.83. The Labute approximate surface area is 97.5 Å². The molecule has 0 atom stereocenters. The maximum Gasteiger partial charge on any atom is 0.393 e. The van der Waals surface area contributed by atoms with Gasteiger partial charge in [0.2, 0.25) is 5.39 Å². The van der Waals surface area contributed by atoms with Gasteiger partial charge in [-0.25, -0.2) is 0 Å². The van der Waals surface area contributed by atoms with E-state index in [0.717, 1.165) is 16.2 Å². The highest BCUT2D eigenvalue weighted by Gasteiger charge is 2.14. The molecule has 0 spiro atoms. The monoisotopic (exact) mass is 221 g/mol. The van der Waals surface area contributed by atoms with Crippen molar-refractivity contribution < 1.29 is 5.11 Å². The molecular formula is C14H9N2O+. The fourth-order valence-corrected chi connectivity index (χ4v) is 2.09. The third kappa shape index (κ3) is 1.39. The molecule has 0 aliphatic rings. The van der Waals surface area contributed by atoms with E-state index in [1.54, 1.807) is 6.07 Å². The first-order valence-corrected chi connectivity index (χ1v) is 5.29. The Balaban J connectivity index is 2.56. The van der Waals surface area contributed by atoms with Crippen LogP contribution in [0.2, 0.25) is 0 Å². The van der Waals surface area contributed by atoms with E-state index in [-0.39, 0.29) is 5.75 Å². The molecule has 0 unspecified atom stereocenters. The van der Waals surface area contributed by atoms with Gasteiger partial charge in [-0.3, -0.25) is 0 Å². The van der Waals surface area contributed by atoms with E-state index in [0.29, 0.717) is 11.1 Å². The number of phenolic OH excluding ortho intramolecular Hbond substituents is 1. The highest BCUT2D eigenvalue weighted by molar-refractivity contribution is 6.06. The van der Waals surface area contributed by atoms with Gasteiger partial charge in [-0.2, -0.15) is 0 Å². The van der Waals surface area contributed by atoms with Crippen LogP contribution in [0.4, 0.5) is 5.69 Å². The number of phenols is 1. The zero-order valence-corrected chi connectivity index (χ0v) is 8.96. The standard InChI is InChI=1S/C14H8N2O/c15-16-13-5-6-14(17)12-8-10-4-2-1-3-9(10)7-11(12)13/h1-8H/p+1. The van der Waals surface area contributed by atoms with E-state index >= 15 is 0 Å². The smallest absolute Gasteiger partial charge is 0.393 e. The lowest BCUT2D eigenvalue weighted by Gasteiger charge is -2.02. The van der Waals surface area contributed by atoms with E-state index in [9.17, 15) is 5.11 Å². The van der Waals surface area contributed by atoms with E-state index in [2.05, 4.69) is 4.98 Å². The second kappa shape index (κ2) is 3.46. The zero-order valence-electron chi connectivity index (χ0n) is 8.96. The normalized spacial score (nSPS) is 10.5. The summed E-state index contributed by atoms with van der Waals surface area (Å²) < 4.78 is 0. The van der Waals surface area contributed by atoms with Crippen LogP contribution in [-0.2, 0) is 0 Å². The first-order chi connectivity index (χ1) is 8.29. The average Bonchev–Trinajstić information content (AvgIpc) is 2.38. The van der Waals surface area contributed by atoms with E-state index in [4.69, 9.17) is 5.39 Å². The van der Waals surface area contributed by atoms with Crippen molar-refractivity contribution >= 4 is 27.2 Å². The Morgan fingerprint density at radius 2 is 1.53 bits per heavy atom. The van der Waals surface area contributed by atoms with Gasteiger partial charge in [-0.1, -0.05) is 24.3 Å². The van der Waals surface area contributed by atoms with Gasteiger partial charge in [0.05, 0.1) is 5.39 Å². The molecule has 0 fully saturated rings. The maximum absolute atomic E-state index is 9.83. The average molecular weight is 221 g/mol. The summed E-state index contributed by atoms with van der Waals surface area (Å²) in [5.41, 5.74) is 0.462. The molecule has 0 saturated heterocycles. The minimum Gasteiger partial charge on any atom is -0.507 e. The van der Waals surface area contributed by atoms with Crippen LogP contribution in [0.1, 0.15) is 0 Å². The molecule has 0 aliphatic heterocycles. The van der Waals surface area contributed by atoms with Crippen LogP contribution in [0.25, 0.3) is 26.5 Å². The predicted molar refractivity (Wildman–Crippen MR) is 67.9 cm³/mol. The summed E-state index contributed by atoms with van der Waals surface area (Å²) in [7, 11) is 0. The molecule has 17 heavy (non-hydrogen) atoms. The van der Waals surface area contributed by atoms with Crippen molar-refractivity contribution in [2.45, 2.75) is 0 Å². The van der Waals surface area contributed by atoms with Gasteiger partial charge in [0.25, 0.3) is 0 Å². The van der Waals surface area contributed by atoms with Crippen LogP contribution in [0.3, 0.4) is 0 Å². The van der Waals surface area contributed by atoms with Crippen molar-refractivity contribution in [2.24, 2.45) is 0 Å². The number of fused-ring (bicyclic) bond motifs is 2. The summed E-state index contributed by atoms with van der Waals surface area (Å²) >= 11 is 0. The van der Waals surface area contributed by atoms with Crippen LogP contribution < -0.4 is 0 Å². The summed E-state index contributed by atoms with van der Waals surface area (Å²) in [5, 5.41) is 22.3. The molecule has 3 rings (SSSR count). The lowest BCUT2D eigenvalue weighted by molar-refractivity contribution is 0.482. The molecule has 3 aromatic carbocycles. The van der Waals surface area contributed by atoms with Crippen LogP contribution in [0, 0.1) is 5.39 Å². The number of aromatic hydroxyl groups is 1. The van der Waals surface area contributed by atoms with Crippen LogP contribution in [0.15, 0.2) is 48.5 Å². The van der Waals surface area contributed by atoms with Crippen molar-refractivity contribution in [2.75, 3.05) is 0 Å². The number of hydrogen-bond acceptors (Lipinski definition) is 2. The third-order valence-electron chi connectivity index (χ3n) is 2.94. The Bertz CT molecular complexity index is 772. The molecule has 0 amide bonds. The SMILES string of the molecule is N#[N+]c1ccc(O)c2cc3ccccc3cc12. The number of nitrogens with zero attached hydrogens (tertiary/aromatic N) is 2. The van der Waals surface area contributed by atoms with Gasteiger partial charge in [-0.15, -0.1) is 0 Å². The Hall–Kier alpha value is -2.60. The number of hydrogen-bond donors (Lipinski definition) is 1. The molecule has 1 N–H and O–H groups in total. The van der Waals surface area contributed by atoms with Crippen LogP contribution in [-0.4, -0.2) is 5.11 Å². The molecule has 0 aliphatic carbocycles. The van der Waals surface area contributed by atoms with Crippen LogP contribution >= 0.6 is 0 Å². The molecule has 80 valence electrons. The molecule has 3 nitrogen and oxygen atoms in total. The van der Waals surface area contributed by atoms with Crippen molar-refractivity contribution in [3.8, 4) is 5.75 Å². The van der Waals surface area contributed by atoms with E-state index in [1.165, 1.54) is 6.07 Å². The zero-order chi connectivity index (χ0) is 11.8. The third-order valence-corrected chi connectivity index (χ3v) is 2.94. The Morgan fingerprint density at radius 3 is 2.18 bits per heavy atom. The molecular weight excluding hydrogens is 212 g/mol. The highest BCUT2D eigenvalue weighted by Crippen LogP contribution is 2.35. The first-order valence-electron chi connectivity index (χ1n) is 5.29. The minimum atomic E-state index is 0.193. The Kier molecular flexibility index (Phi) is 1.96. The first kappa shape index (κ1) is 9.61. The van der Waals surface area contributed by atoms with Gasteiger partial charge in [-0.05, 0) is 29.0 Å². The lowest BCUT2D eigenvalue weighted by atomic mass is 10.0. The van der Waals surface area contributed by atoms with Crippen molar-refractivity contribution in [1.82, 2.24) is 0 Å². The van der Waals surface area contributed by atoms with Gasteiger partial charge in [0, 0.05) is 11.5 Å². The molecule has 0 aromatic heterocycles. The second-order valence-electron chi connectivity index (χ2n) is 3.95. The topological polar surface area (TPSA) is 48.4 Å². The van der Waals surface area contributed by atoms with E-state index < -0.39 is 0 Å². The van der Waals surface area contributed by atoms with Gasteiger partial charge >= 0.3 is 5.69 Å². The van der Waals surface area contributed by atoms with Crippen LogP contribution in [0.5, 0.6) is 5.75 Å². The fraction of sp³-hybridized carbons (Fsp3) is 0. The van der Waals surface area contributed by atoms with Crippen molar-refractivity contribution in [1.29, 1.82) is 5.39 Å². The fourth-order valence-electron chi connectivity index (χ4n) is 2.09. The van der Waals surface area contributed by atoms with E-state index in [1.807, 2.05) is 36.4 Å². The molecule has 3 heteroatoms. The van der Waals surface area contributed by atoms with Gasteiger partial charge < -0.3 is 5.11 Å². The molecule has 0 bridgehead atoms. The summed E-state index contributed by atoms with van der Waals surface area (Å²) in [5.74, 6) is 0.193. The summed E-state index contributed by atoms with van der Waals surface area (Å²) in [4.78, 5) is 3.24. The quantitative estimate of drug-likeness (QED) is 0.457. The largest absolute Gasteiger partial charge is 0.507 e. The van der Waals surface area contributed by atoms with Gasteiger partial charge in [0.1, 0.15) is 5.75 Å². The van der Waals surface area contributed by atoms with Crippen molar-refractivity contribution in [3.63, 3.8) is 0 Å². The second-order valence-corrected chi connectivity index (χ2v) is 3.95. The predicted octanol–water partition coefficient (Wildman–Crippen LogP) is 4.18. The summed E-state index contributed by atoms with van der Waals surface area (Å²) in [6, 6.07) is 14.8. The van der Waals surface area contributed by atoms with Gasteiger partial charge in [0.15, 0.2) is 4.98 Å². The lowest BCUT2D eigenvalue weighted by Crippen LogP contribution is -1.77. The Morgan fingerprint density at radius 1 is 0.882 bits per heavy atom. The van der Waals surface area contributed by atoms with Crippen molar-refractivity contribution in [3.05, 3.63) is 53.5 Å². The molecule has 0 radical (unpaired) electrons. The number of diazo groups is 1. The highest BCUT2D eigenvalue weighted by atomic mass is 16.3. The summed E-state index contributed by atoms with van der Waals surface area (Å²) in [6.07, 6.45) is 0. The molecule has 0 saturated carbocycles. The molecule has 0 heterocycles.